The first-order valence-electron chi connectivity index (χ1n) is 6.35. The van der Waals surface area contributed by atoms with Gasteiger partial charge in [-0.15, -0.1) is 0 Å². The predicted octanol–water partition coefficient (Wildman–Crippen LogP) is 1.31. The fourth-order valence-corrected chi connectivity index (χ4v) is 2.20. The normalized spacial score (nSPS) is 31.8. The zero-order chi connectivity index (χ0) is 10.5. The molecule has 0 radical (unpaired) electrons. The van der Waals surface area contributed by atoms with Crippen LogP contribution in [0.2, 0.25) is 0 Å². The number of rotatable bonds is 6. The molecule has 15 heavy (non-hydrogen) atoms. The van der Waals surface area contributed by atoms with Gasteiger partial charge in [-0.3, -0.25) is 0 Å². The van der Waals surface area contributed by atoms with E-state index in [2.05, 4.69) is 5.32 Å². The maximum absolute atomic E-state index is 9.72. The maximum Gasteiger partial charge on any atom is 0.0693 e. The molecule has 0 unspecified atom stereocenters. The topological polar surface area (TPSA) is 41.5 Å². The van der Waals surface area contributed by atoms with Crippen molar-refractivity contribution in [2.45, 2.75) is 50.7 Å². The molecular weight excluding hydrogens is 190 g/mol. The van der Waals surface area contributed by atoms with Gasteiger partial charge in [0.1, 0.15) is 0 Å². The highest BCUT2D eigenvalue weighted by Crippen LogP contribution is 2.28. The first-order chi connectivity index (χ1) is 7.36. The summed E-state index contributed by atoms with van der Waals surface area (Å²) in [6.45, 7) is 2.61. The number of nitrogens with one attached hydrogen (secondary N) is 1. The Kier molecular flexibility index (Phi) is 4.42. The molecule has 0 aromatic rings. The third-order valence-corrected chi connectivity index (χ3v) is 3.43. The van der Waals surface area contributed by atoms with Crippen LogP contribution in [0.1, 0.15) is 38.5 Å². The van der Waals surface area contributed by atoms with Crippen molar-refractivity contribution in [1.82, 2.24) is 5.32 Å². The van der Waals surface area contributed by atoms with Gasteiger partial charge in [-0.1, -0.05) is 12.8 Å². The van der Waals surface area contributed by atoms with Crippen molar-refractivity contribution in [3.05, 3.63) is 0 Å². The molecule has 0 bridgehead atoms. The van der Waals surface area contributed by atoms with Gasteiger partial charge in [0.15, 0.2) is 0 Å². The smallest absolute Gasteiger partial charge is 0.0693 e. The van der Waals surface area contributed by atoms with Crippen LogP contribution in [0, 0.1) is 5.92 Å². The molecule has 0 amide bonds. The first-order valence-corrected chi connectivity index (χ1v) is 6.35. The Morgan fingerprint density at radius 1 is 1.13 bits per heavy atom. The second kappa shape index (κ2) is 5.83. The Hall–Kier alpha value is -0.120. The molecule has 0 aromatic carbocycles. The van der Waals surface area contributed by atoms with Crippen LogP contribution in [-0.4, -0.2) is 37.0 Å². The van der Waals surface area contributed by atoms with Crippen molar-refractivity contribution < 1.29 is 9.84 Å². The second-order valence-electron chi connectivity index (χ2n) is 4.93. The summed E-state index contributed by atoms with van der Waals surface area (Å²) >= 11 is 0. The minimum atomic E-state index is -0.137. The van der Waals surface area contributed by atoms with Crippen LogP contribution in [0.25, 0.3) is 0 Å². The highest BCUT2D eigenvalue weighted by molar-refractivity contribution is 4.80. The van der Waals surface area contributed by atoms with E-state index in [0.717, 1.165) is 38.5 Å². The first kappa shape index (κ1) is 11.4. The van der Waals surface area contributed by atoms with E-state index < -0.39 is 0 Å². The predicted molar refractivity (Wildman–Crippen MR) is 59.8 cm³/mol. The van der Waals surface area contributed by atoms with Crippen molar-refractivity contribution in [3.63, 3.8) is 0 Å². The summed E-state index contributed by atoms with van der Waals surface area (Å²) in [5, 5.41) is 13.1. The molecule has 2 fully saturated rings. The Morgan fingerprint density at radius 2 is 1.93 bits per heavy atom. The molecule has 0 aromatic heterocycles. The fraction of sp³-hybridized carbons (Fsp3) is 1.00. The zero-order valence-electron chi connectivity index (χ0n) is 9.45. The van der Waals surface area contributed by atoms with Crippen LogP contribution in [0.15, 0.2) is 0 Å². The molecule has 3 nitrogen and oxygen atoms in total. The van der Waals surface area contributed by atoms with Gasteiger partial charge < -0.3 is 15.2 Å². The summed E-state index contributed by atoms with van der Waals surface area (Å²) < 4.78 is 5.54. The van der Waals surface area contributed by atoms with Crippen LogP contribution in [0.4, 0.5) is 0 Å². The van der Waals surface area contributed by atoms with Crippen LogP contribution in [-0.2, 0) is 4.74 Å². The molecule has 0 aliphatic heterocycles. The van der Waals surface area contributed by atoms with Crippen molar-refractivity contribution in [1.29, 1.82) is 0 Å². The monoisotopic (exact) mass is 213 g/mol. The highest BCUT2D eigenvalue weighted by Gasteiger charge is 2.23. The standard InChI is InChI=1S/C12H23NO2/c14-12-4-2-1-3-11(12)13-7-8-15-9-10-5-6-10/h10-14H,1-9H2/t11-,12-/m0/s1. The number of aliphatic hydroxyl groups is 1. The lowest BCUT2D eigenvalue weighted by Gasteiger charge is -2.28. The van der Waals surface area contributed by atoms with E-state index in [-0.39, 0.29) is 6.10 Å². The molecule has 0 heterocycles. The molecule has 2 atom stereocenters. The fourth-order valence-electron chi connectivity index (χ4n) is 2.20. The molecule has 2 rings (SSSR count). The quantitative estimate of drug-likeness (QED) is 0.654. The van der Waals surface area contributed by atoms with E-state index in [1.54, 1.807) is 0 Å². The Balaban J connectivity index is 1.48. The summed E-state index contributed by atoms with van der Waals surface area (Å²) in [7, 11) is 0. The van der Waals surface area contributed by atoms with Gasteiger partial charge in [0.05, 0.1) is 12.7 Å². The lowest BCUT2D eigenvalue weighted by atomic mass is 9.93. The van der Waals surface area contributed by atoms with Gasteiger partial charge in [-0.2, -0.15) is 0 Å². The molecule has 3 heteroatoms. The maximum atomic E-state index is 9.72. The Bertz CT molecular complexity index is 182. The van der Waals surface area contributed by atoms with Crippen molar-refractivity contribution in [2.24, 2.45) is 5.92 Å². The minimum absolute atomic E-state index is 0.137. The molecule has 88 valence electrons. The average molecular weight is 213 g/mol. The van der Waals surface area contributed by atoms with Crippen LogP contribution in [0.3, 0.4) is 0 Å². The van der Waals surface area contributed by atoms with Gasteiger partial charge >= 0.3 is 0 Å². The summed E-state index contributed by atoms with van der Waals surface area (Å²) in [5.74, 6) is 0.852. The van der Waals surface area contributed by atoms with Crippen LogP contribution >= 0.6 is 0 Å². The van der Waals surface area contributed by atoms with Crippen molar-refractivity contribution in [3.8, 4) is 0 Å². The van der Waals surface area contributed by atoms with E-state index in [1.165, 1.54) is 25.7 Å². The van der Waals surface area contributed by atoms with Crippen LogP contribution in [0.5, 0.6) is 0 Å². The van der Waals surface area contributed by atoms with Gasteiger partial charge in [-0.25, -0.2) is 0 Å². The summed E-state index contributed by atoms with van der Waals surface area (Å²) in [4.78, 5) is 0. The Morgan fingerprint density at radius 3 is 2.67 bits per heavy atom. The largest absolute Gasteiger partial charge is 0.392 e. The zero-order valence-corrected chi connectivity index (χ0v) is 9.45. The third kappa shape index (κ3) is 4.09. The molecule has 2 saturated carbocycles. The highest BCUT2D eigenvalue weighted by atomic mass is 16.5. The molecule has 2 aliphatic rings. The summed E-state index contributed by atoms with van der Waals surface area (Å²) in [6, 6.07) is 0.309. The summed E-state index contributed by atoms with van der Waals surface area (Å²) in [6.07, 6.45) is 7.07. The second-order valence-corrected chi connectivity index (χ2v) is 4.93. The molecule has 0 saturated heterocycles. The lowest BCUT2D eigenvalue weighted by Crippen LogP contribution is -2.43. The van der Waals surface area contributed by atoms with E-state index >= 15 is 0 Å². The van der Waals surface area contributed by atoms with E-state index in [1.807, 2.05) is 0 Å². The molecular formula is C12H23NO2. The van der Waals surface area contributed by atoms with Crippen LogP contribution < -0.4 is 5.32 Å². The number of aliphatic hydroxyl groups excluding tert-OH is 1. The molecule has 2 N–H and O–H groups in total. The van der Waals surface area contributed by atoms with Gasteiger partial charge in [0, 0.05) is 19.2 Å². The SMILES string of the molecule is O[C@H]1CCCC[C@@H]1NCCOCC1CC1. The van der Waals surface area contributed by atoms with Gasteiger partial charge in [0.2, 0.25) is 0 Å². The van der Waals surface area contributed by atoms with Crippen molar-refractivity contribution in [2.75, 3.05) is 19.8 Å². The minimum Gasteiger partial charge on any atom is -0.392 e. The summed E-state index contributed by atoms with van der Waals surface area (Å²) in [5.41, 5.74) is 0. The number of hydrogen-bond donors (Lipinski definition) is 2. The third-order valence-electron chi connectivity index (χ3n) is 3.43. The molecule has 2 aliphatic carbocycles. The number of ether oxygens (including phenoxy) is 1. The van der Waals surface area contributed by atoms with Gasteiger partial charge in [-0.05, 0) is 31.6 Å². The van der Waals surface area contributed by atoms with Gasteiger partial charge in [0.25, 0.3) is 0 Å². The van der Waals surface area contributed by atoms with E-state index in [4.69, 9.17) is 4.74 Å². The average Bonchev–Trinajstić information content (AvgIpc) is 3.04. The molecule has 0 spiro atoms. The Labute approximate surface area is 92.2 Å². The van der Waals surface area contributed by atoms with E-state index in [9.17, 15) is 5.11 Å². The van der Waals surface area contributed by atoms with E-state index in [0.29, 0.717) is 6.04 Å². The number of hydrogen-bond acceptors (Lipinski definition) is 3. The lowest BCUT2D eigenvalue weighted by molar-refractivity contribution is 0.0785. The van der Waals surface area contributed by atoms with Crippen molar-refractivity contribution >= 4 is 0 Å².